The molecule has 0 atom stereocenters. The summed E-state index contributed by atoms with van der Waals surface area (Å²) < 4.78 is 5.21. The van der Waals surface area contributed by atoms with Crippen LogP contribution in [0.4, 0.5) is 5.95 Å². The Labute approximate surface area is 101 Å². The number of anilines is 1. The monoisotopic (exact) mass is 229 g/mol. The zero-order chi connectivity index (χ0) is 12.3. The van der Waals surface area contributed by atoms with Gasteiger partial charge in [-0.2, -0.15) is 0 Å². The van der Waals surface area contributed by atoms with Crippen molar-refractivity contribution in [2.45, 2.75) is 6.92 Å². The molecule has 0 saturated heterocycles. The Morgan fingerprint density at radius 3 is 2.82 bits per heavy atom. The summed E-state index contributed by atoms with van der Waals surface area (Å²) in [6, 6.07) is 7.85. The minimum Gasteiger partial charge on any atom is -0.497 e. The number of rotatable bonds is 3. The van der Waals surface area contributed by atoms with E-state index in [4.69, 9.17) is 4.74 Å². The van der Waals surface area contributed by atoms with E-state index in [1.807, 2.05) is 37.4 Å². The summed E-state index contributed by atoms with van der Waals surface area (Å²) in [5, 5.41) is 2.94. The second-order valence-corrected chi connectivity index (χ2v) is 3.71. The third-order valence-electron chi connectivity index (χ3n) is 2.54. The van der Waals surface area contributed by atoms with Crippen molar-refractivity contribution in [2.24, 2.45) is 0 Å². The van der Waals surface area contributed by atoms with Gasteiger partial charge in [-0.05, 0) is 24.6 Å². The highest BCUT2D eigenvalue weighted by Crippen LogP contribution is 2.25. The van der Waals surface area contributed by atoms with E-state index < -0.39 is 0 Å². The van der Waals surface area contributed by atoms with Gasteiger partial charge >= 0.3 is 0 Å². The van der Waals surface area contributed by atoms with E-state index in [9.17, 15) is 0 Å². The predicted octanol–water partition coefficient (Wildman–Crippen LogP) is 2.50. The van der Waals surface area contributed by atoms with Crippen molar-refractivity contribution in [1.82, 2.24) is 9.97 Å². The van der Waals surface area contributed by atoms with E-state index in [1.54, 1.807) is 14.2 Å². The molecule has 2 aromatic rings. The van der Waals surface area contributed by atoms with E-state index in [-0.39, 0.29) is 0 Å². The van der Waals surface area contributed by atoms with Gasteiger partial charge in [0, 0.05) is 18.8 Å². The van der Waals surface area contributed by atoms with Gasteiger partial charge in [-0.15, -0.1) is 0 Å². The summed E-state index contributed by atoms with van der Waals surface area (Å²) in [5.41, 5.74) is 2.99. The first-order valence-corrected chi connectivity index (χ1v) is 5.40. The molecule has 1 heterocycles. The van der Waals surface area contributed by atoms with Crippen molar-refractivity contribution in [3.05, 3.63) is 36.0 Å². The van der Waals surface area contributed by atoms with E-state index in [1.165, 1.54) is 0 Å². The van der Waals surface area contributed by atoms with Crippen molar-refractivity contribution < 1.29 is 4.74 Å². The largest absolute Gasteiger partial charge is 0.497 e. The van der Waals surface area contributed by atoms with Crippen molar-refractivity contribution >= 4 is 5.95 Å². The number of nitrogens with one attached hydrogen (secondary N) is 1. The molecule has 0 aliphatic heterocycles. The van der Waals surface area contributed by atoms with Crippen LogP contribution in [0.25, 0.3) is 11.3 Å². The molecule has 1 aromatic carbocycles. The van der Waals surface area contributed by atoms with Gasteiger partial charge in [0.25, 0.3) is 0 Å². The highest BCUT2D eigenvalue weighted by atomic mass is 16.5. The molecule has 0 radical (unpaired) electrons. The summed E-state index contributed by atoms with van der Waals surface area (Å²) in [6.45, 7) is 1.99. The Morgan fingerprint density at radius 1 is 1.29 bits per heavy atom. The van der Waals surface area contributed by atoms with Crippen LogP contribution in [0.2, 0.25) is 0 Å². The third kappa shape index (κ3) is 2.36. The molecule has 0 fully saturated rings. The summed E-state index contributed by atoms with van der Waals surface area (Å²) in [7, 11) is 3.46. The highest BCUT2D eigenvalue weighted by molar-refractivity contribution is 5.65. The summed E-state index contributed by atoms with van der Waals surface area (Å²) in [5.74, 6) is 1.44. The number of methoxy groups -OCH3 is 1. The van der Waals surface area contributed by atoms with Crippen molar-refractivity contribution in [3.63, 3.8) is 0 Å². The van der Waals surface area contributed by atoms with E-state index in [0.29, 0.717) is 5.95 Å². The topological polar surface area (TPSA) is 47.0 Å². The molecule has 0 aliphatic carbocycles. The lowest BCUT2D eigenvalue weighted by Crippen LogP contribution is -1.99. The zero-order valence-electron chi connectivity index (χ0n) is 10.2. The van der Waals surface area contributed by atoms with Gasteiger partial charge in [0.15, 0.2) is 0 Å². The van der Waals surface area contributed by atoms with Crippen LogP contribution in [-0.4, -0.2) is 24.1 Å². The Hall–Kier alpha value is -2.10. The molecule has 0 saturated carbocycles. The fraction of sp³-hybridized carbons (Fsp3) is 0.231. The van der Waals surface area contributed by atoms with Gasteiger partial charge in [0.1, 0.15) is 5.75 Å². The number of aromatic nitrogens is 2. The molecule has 0 amide bonds. The molecular formula is C13H15N3O. The van der Waals surface area contributed by atoms with Gasteiger partial charge in [-0.25, -0.2) is 9.97 Å². The standard InChI is InChI=1S/C13H15N3O/c1-9-8-15-13(14-2)16-12(9)10-5-4-6-11(7-10)17-3/h4-8H,1-3H3,(H,14,15,16). The van der Waals surface area contributed by atoms with Gasteiger partial charge < -0.3 is 10.1 Å². The first kappa shape index (κ1) is 11.4. The first-order valence-electron chi connectivity index (χ1n) is 5.40. The molecule has 4 nitrogen and oxygen atoms in total. The Balaban J connectivity index is 2.50. The lowest BCUT2D eigenvalue weighted by Gasteiger charge is -2.08. The smallest absolute Gasteiger partial charge is 0.222 e. The minimum absolute atomic E-state index is 0.619. The van der Waals surface area contributed by atoms with Crippen LogP contribution < -0.4 is 10.1 Å². The number of hydrogen-bond acceptors (Lipinski definition) is 4. The molecule has 0 unspecified atom stereocenters. The molecule has 0 bridgehead atoms. The quantitative estimate of drug-likeness (QED) is 0.878. The lowest BCUT2D eigenvalue weighted by molar-refractivity contribution is 0.415. The van der Waals surface area contributed by atoms with Gasteiger partial charge in [0.2, 0.25) is 5.95 Å². The van der Waals surface area contributed by atoms with Crippen LogP contribution in [0.5, 0.6) is 5.75 Å². The van der Waals surface area contributed by atoms with Gasteiger partial charge in [-0.3, -0.25) is 0 Å². The van der Waals surface area contributed by atoms with Crippen LogP contribution in [0.3, 0.4) is 0 Å². The maximum atomic E-state index is 5.21. The summed E-state index contributed by atoms with van der Waals surface area (Å²) in [6.07, 6.45) is 1.81. The molecule has 1 aromatic heterocycles. The first-order chi connectivity index (χ1) is 8.24. The third-order valence-corrected chi connectivity index (χ3v) is 2.54. The average molecular weight is 229 g/mol. The van der Waals surface area contributed by atoms with Gasteiger partial charge in [-0.1, -0.05) is 12.1 Å². The SMILES string of the molecule is CNc1ncc(C)c(-c2cccc(OC)c2)n1. The van der Waals surface area contributed by atoms with Crippen molar-refractivity contribution in [2.75, 3.05) is 19.5 Å². The van der Waals surface area contributed by atoms with E-state index >= 15 is 0 Å². The van der Waals surface area contributed by atoms with Crippen LogP contribution >= 0.6 is 0 Å². The highest BCUT2D eigenvalue weighted by Gasteiger charge is 2.06. The molecule has 1 N–H and O–H groups in total. The zero-order valence-corrected chi connectivity index (χ0v) is 10.2. The molecule has 17 heavy (non-hydrogen) atoms. The molecule has 4 heteroatoms. The van der Waals surface area contributed by atoms with Crippen molar-refractivity contribution in [1.29, 1.82) is 0 Å². The Bertz CT molecular complexity index is 526. The maximum absolute atomic E-state index is 5.21. The summed E-state index contributed by atoms with van der Waals surface area (Å²) in [4.78, 5) is 8.63. The predicted molar refractivity (Wildman–Crippen MR) is 68.3 cm³/mol. The molecule has 88 valence electrons. The van der Waals surface area contributed by atoms with Crippen molar-refractivity contribution in [3.8, 4) is 17.0 Å². The minimum atomic E-state index is 0.619. The number of ether oxygens (including phenoxy) is 1. The Morgan fingerprint density at radius 2 is 2.12 bits per heavy atom. The molecule has 2 rings (SSSR count). The summed E-state index contributed by atoms with van der Waals surface area (Å²) >= 11 is 0. The molecular weight excluding hydrogens is 214 g/mol. The average Bonchev–Trinajstić information content (AvgIpc) is 2.39. The number of hydrogen-bond donors (Lipinski definition) is 1. The van der Waals surface area contributed by atoms with E-state index in [0.717, 1.165) is 22.6 Å². The molecule has 0 spiro atoms. The number of benzene rings is 1. The lowest BCUT2D eigenvalue weighted by atomic mass is 10.1. The van der Waals surface area contributed by atoms with Gasteiger partial charge in [0.05, 0.1) is 12.8 Å². The normalized spacial score (nSPS) is 10.1. The van der Waals surface area contributed by atoms with E-state index in [2.05, 4.69) is 15.3 Å². The van der Waals surface area contributed by atoms with Crippen LogP contribution in [0.15, 0.2) is 30.5 Å². The van der Waals surface area contributed by atoms with Crippen LogP contribution in [0.1, 0.15) is 5.56 Å². The fourth-order valence-corrected chi connectivity index (χ4v) is 1.63. The fourth-order valence-electron chi connectivity index (χ4n) is 1.63. The van der Waals surface area contributed by atoms with Crippen LogP contribution in [0, 0.1) is 6.92 Å². The molecule has 0 aliphatic rings. The number of aryl methyl sites for hydroxylation is 1. The van der Waals surface area contributed by atoms with Crippen LogP contribution in [-0.2, 0) is 0 Å². The second kappa shape index (κ2) is 4.82. The second-order valence-electron chi connectivity index (χ2n) is 3.71. The Kier molecular flexibility index (Phi) is 3.23. The number of nitrogens with zero attached hydrogens (tertiary/aromatic N) is 2. The maximum Gasteiger partial charge on any atom is 0.222 e.